The van der Waals surface area contributed by atoms with E-state index in [0.29, 0.717) is 18.5 Å². The Hall–Kier alpha value is -1.55. The number of urea groups is 1. The molecule has 1 aliphatic carbocycles. The molecular formula is C15H23N3O. The van der Waals surface area contributed by atoms with E-state index in [0.717, 1.165) is 30.6 Å². The Kier molecular flexibility index (Phi) is 4.43. The largest absolute Gasteiger partial charge is 0.326 e. The van der Waals surface area contributed by atoms with Crippen LogP contribution in [0.25, 0.3) is 0 Å². The van der Waals surface area contributed by atoms with Crippen molar-refractivity contribution in [1.82, 2.24) is 4.90 Å². The fourth-order valence-corrected chi connectivity index (χ4v) is 2.15. The topological polar surface area (TPSA) is 58.4 Å². The number of nitrogens with zero attached hydrogens (tertiary/aromatic N) is 1. The predicted octanol–water partition coefficient (Wildman–Crippen LogP) is 2.80. The van der Waals surface area contributed by atoms with E-state index < -0.39 is 0 Å². The maximum Gasteiger partial charge on any atom is 0.322 e. The first-order valence-corrected chi connectivity index (χ1v) is 6.96. The number of rotatable bonds is 5. The van der Waals surface area contributed by atoms with Crippen molar-refractivity contribution in [1.29, 1.82) is 0 Å². The fourth-order valence-electron chi connectivity index (χ4n) is 2.15. The summed E-state index contributed by atoms with van der Waals surface area (Å²) >= 11 is 0. The summed E-state index contributed by atoms with van der Waals surface area (Å²) in [4.78, 5) is 14.3. The van der Waals surface area contributed by atoms with E-state index in [1.165, 1.54) is 0 Å². The van der Waals surface area contributed by atoms with Crippen molar-refractivity contribution in [3.8, 4) is 0 Å². The Balaban J connectivity index is 2.01. The number of carbonyl (C=O) groups is 1. The zero-order valence-electron chi connectivity index (χ0n) is 11.7. The smallest absolute Gasteiger partial charge is 0.322 e. The first-order chi connectivity index (χ1) is 9.10. The van der Waals surface area contributed by atoms with Crippen LogP contribution >= 0.6 is 0 Å². The summed E-state index contributed by atoms with van der Waals surface area (Å²) in [6.07, 6.45) is 2.26. The van der Waals surface area contributed by atoms with Crippen LogP contribution in [0.15, 0.2) is 24.3 Å². The lowest BCUT2D eigenvalue weighted by Crippen LogP contribution is -2.39. The Morgan fingerprint density at radius 1 is 1.47 bits per heavy atom. The molecule has 0 bridgehead atoms. The van der Waals surface area contributed by atoms with Gasteiger partial charge in [-0.05, 0) is 36.5 Å². The van der Waals surface area contributed by atoms with Gasteiger partial charge in [0.05, 0.1) is 0 Å². The van der Waals surface area contributed by atoms with Gasteiger partial charge in [0.1, 0.15) is 0 Å². The molecule has 4 nitrogen and oxygen atoms in total. The second kappa shape index (κ2) is 6.06. The summed E-state index contributed by atoms with van der Waals surface area (Å²) < 4.78 is 0. The van der Waals surface area contributed by atoms with Crippen LogP contribution in [0.3, 0.4) is 0 Å². The van der Waals surface area contributed by atoms with Crippen molar-refractivity contribution in [2.24, 2.45) is 11.7 Å². The van der Waals surface area contributed by atoms with E-state index in [1.54, 1.807) is 0 Å². The highest BCUT2D eigenvalue weighted by Crippen LogP contribution is 2.28. The van der Waals surface area contributed by atoms with Gasteiger partial charge in [-0.2, -0.15) is 0 Å². The molecule has 2 amide bonds. The summed E-state index contributed by atoms with van der Waals surface area (Å²) in [6, 6.07) is 8.14. The normalized spacial score (nSPS) is 14.5. The first kappa shape index (κ1) is 13.9. The molecule has 1 aliphatic rings. The van der Waals surface area contributed by atoms with Crippen LogP contribution in [0.2, 0.25) is 0 Å². The third kappa shape index (κ3) is 3.96. The van der Waals surface area contributed by atoms with Gasteiger partial charge in [-0.25, -0.2) is 4.79 Å². The summed E-state index contributed by atoms with van der Waals surface area (Å²) in [7, 11) is 0. The minimum Gasteiger partial charge on any atom is -0.326 e. The minimum absolute atomic E-state index is 0.00497. The van der Waals surface area contributed by atoms with Crippen molar-refractivity contribution in [2.45, 2.75) is 39.3 Å². The van der Waals surface area contributed by atoms with Gasteiger partial charge in [0, 0.05) is 24.8 Å². The Labute approximate surface area is 115 Å². The molecule has 0 atom stereocenters. The molecule has 104 valence electrons. The van der Waals surface area contributed by atoms with Gasteiger partial charge < -0.3 is 16.0 Å². The quantitative estimate of drug-likeness (QED) is 0.856. The molecule has 19 heavy (non-hydrogen) atoms. The van der Waals surface area contributed by atoms with Crippen molar-refractivity contribution < 1.29 is 4.79 Å². The number of hydrogen-bond donors (Lipinski definition) is 2. The van der Waals surface area contributed by atoms with Crippen molar-refractivity contribution in [3.63, 3.8) is 0 Å². The highest BCUT2D eigenvalue weighted by molar-refractivity contribution is 5.89. The zero-order valence-corrected chi connectivity index (χ0v) is 11.7. The van der Waals surface area contributed by atoms with Gasteiger partial charge >= 0.3 is 6.03 Å². The van der Waals surface area contributed by atoms with E-state index in [4.69, 9.17) is 5.73 Å². The number of hydrogen-bond acceptors (Lipinski definition) is 2. The molecular weight excluding hydrogens is 238 g/mol. The molecule has 2 rings (SSSR count). The van der Waals surface area contributed by atoms with E-state index in [9.17, 15) is 4.79 Å². The van der Waals surface area contributed by atoms with Gasteiger partial charge in [0.2, 0.25) is 0 Å². The number of amides is 2. The van der Waals surface area contributed by atoms with E-state index in [-0.39, 0.29) is 6.03 Å². The monoisotopic (exact) mass is 261 g/mol. The van der Waals surface area contributed by atoms with E-state index >= 15 is 0 Å². The average Bonchev–Trinajstić information content (AvgIpc) is 3.20. The third-order valence-corrected chi connectivity index (χ3v) is 3.22. The first-order valence-electron chi connectivity index (χ1n) is 6.96. The summed E-state index contributed by atoms with van der Waals surface area (Å²) in [5.41, 5.74) is 7.46. The van der Waals surface area contributed by atoms with Gasteiger partial charge in [0.15, 0.2) is 0 Å². The average molecular weight is 261 g/mol. The second-order valence-electron chi connectivity index (χ2n) is 5.61. The molecule has 0 saturated heterocycles. The summed E-state index contributed by atoms with van der Waals surface area (Å²) in [5, 5.41) is 2.97. The SMILES string of the molecule is CC(C)CN(C(=O)Nc1cccc(CN)c1)C1CC1. The van der Waals surface area contributed by atoms with E-state index in [1.807, 2.05) is 29.2 Å². The number of anilines is 1. The van der Waals surface area contributed by atoms with E-state index in [2.05, 4.69) is 19.2 Å². The van der Waals surface area contributed by atoms with Gasteiger partial charge in [-0.1, -0.05) is 26.0 Å². The molecule has 4 heteroatoms. The van der Waals surface area contributed by atoms with Crippen LogP contribution in [0.1, 0.15) is 32.3 Å². The van der Waals surface area contributed by atoms with Crippen molar-refractivity contribution in [2.75, 3.05) is 11.9 Å². The van der Waals surface area contributed by atoms with Crippen LogP contribution < -0.4 is 11.1 Å². The van der Waals surface area contributed by atoms with Crippen LogP contribution in [0.5, 0.6) is 0 Å². The van der Waals surface area contributed by atoms with Crippen LogP contribution in [-0.4, -0.2) is 23.5 Å². The Morgan fingerprint density at radius 3 is 2.79 bits per heavy atom. The van der Waals surface area contributed by atoms with Crippen molar-refractivity contribution in [3.05, 3.63) is 29.8 Å². The summed E-state index contributed by atoms with van der Waals surface area (Å²) in [6.45, 7) is 5.57. The minimum atomic E-state index is 0.00497. The lowest BCUT2D eigenvalue weighted by molar-refractivity contribution is 0.201. The molecule has 0 aliphatic heterocycles. The molecule has 1 aromatic carbocycles. The fraction of sp³-hybridized carbons (Fsp3) is 0.533. The molecule has 0 heterocycles. The number of nitrogens with two attached hydrogens (primary N) is 1. The third-order valence-electron chi connectivity index (χ3n) is 3.22. The number of nitrogens with one attached hydrogen (secondary N) is 1. The second-order valence-corrected chi connectivity index (χ2v) is 5.61. The molecule has 1 aromatic rings. The van der Waals surface area contributed by atoms with Crippen LogP contribution in [-0.2, 0) is 6.54 Å². The highest BCUT2D eigenvalue weighted by atomic mass is 16.2. The maximum atomic E-state index is 12.3. The molecule has 0 radical (unpaired) electrons. The zero-order chi connectivity index (χ0) is 13.8. The van der Waals surface area contributed by atoms with Gasteiger partial charge in [-0.3, -0.25) is 0 Å². The number of carbonyl (C=O) groups excluding carboxylic acids is 1. The molecule has 1 saturated carbocycles. The maximum absolute atomic E-state index is 12.3. The lowest BCUT2D eigenvalue weighted by Gasteiger charge is -2.24. The lowest BCUT2D eigenvalue weighted by atomic mass is 10.2. The molecule has 1 fully saturated rings. The molecule has 0 unspecified atom stereocenters. The molecule has 3 N–H and O–H groups in total. The number of benzene rings is 1. The van der Waals surface area contributed by atoms with Crippen LogP contribution in [0.4, 0.5) is 10.5 Å². The predicted molar refractivity (Wildman–Crippen MR) is 77.9 cm³/mol. The summed E-state index contributed by atoms with van der Waals surface area (Å²) in [5.74, 6) is 0.488. The highest BCUT2D eigenvalue weighted by Gasteiger charge is 2.32. The molecule has 0 spiro atoms. The van der Waals surface area contributed by atoms with Gasteiger partial charge in [-0.15, -0.1) is 0 Å². The van der Waals surface area contributed by atoms with Crippen molar-refractivity contribution >= 4 is 11.7 Å². The Bertz CT molecular complexity index is 441. The standard InChI is InChI=1S/C15H23N3O/c1-11(2)10-18(14-6-7-14)15(19)17-13-5-3-4-12(8-13)9-16/h3-5,8,11,14H,6-7,9-10,16H2,1-2H3,(H,17,19). The molecule has 0 aromatic heterocycles. The Morgan fingerprint density at radius 2 is 2.21 bits per heavy atom. The van der Waals surface area contributed by atoms with Crippen LogP contribution in [0, 0.1) is 5.92 Å². The van der Waals surface area contributed by atoms with Gasteiger partial charge in [0.25, 0.3) is 0 Å².